The van der Waals surface area contributed by atoms with Crippen LogP contribution in [-0.4, -0.2) is 61.5 Å². The van der Waals surface area contributed by atoms with Crippen LogP contribution in [0.15, 0.2) is 35.3 Å². The van der Waals surface area contributed by atoms with Gasteiger partial charge in [0.15, 0.2) is 11.2 Å². The molecule has 5 N–H and O–H groups in total. The fraction of sp³-hybridized carbons (Fsp3) is 0.346. The number of nitrogen functional groups attached to an aromatic ring is 1. The average molecular weight is 569 g/mol. The molecule has 1 aliphatic rings. The molecule has 0 bridgehead atoms. The van der Waals surface area contributed by atoms with Crippen LogP contribution in [-0.2, 0) is 35.4 Å². The molecule has 1 aliphatic heterocycles. The van der Waals surface area contributed by atoms with Gasteiger partial charge in [-0.1, -0.05) is 31.5 Å². The second kappa shape index (κ2) is 16.0. The summed E-state index contributed by atoms with van der Waals surface area (Å²) in [6, 6.07) is 7.22. The quantitative estimate of drug-likeness (QED) is 0.198. The first kappa shape index (κ1) is 32.0. The van der Waals surface area contributed by atoms with E-state index in [1.54, 1.807) is 6.20 Å². The Morgan fingerprint density at radius 2 is 1.78 bits per heavy atom. The van der Waals surface area contributed by atoms with Crippen molar-refractivity contribution in [1.29, 1.82) is 0 Å². The van der Waals surface area contributed by atoms with Crippen molar-refractivity contribution in [2.75, 3.05) is 11.1 Å². The van der Waals surface area contributed by atoms with Gasteiger partial charge in [0, 0.05) is 18.5 Å². The maximum atomic E-state index is 11.8. The molecule has 2 aromatic heterocycles. The Balaban J connectivity index is 0.000000274. The number of fused-ring (bicyclic) bond motifs is 1. The maximum Gasteiger partial charge on any atom is 0.333 e. The molecule has 0 radical (unpaired) electrons. The lowest BCUT2D eigenvalue weighted by atomic mass is 10.2. The summed E-state index contributed by atoms with van der Waals surface area (Å²) in [4.78, 5) is 85.2. The summed E-state index contributed by atoms with van der Waals surface area (Å²) in [6.45, 7) is 6.50. The Kier molecular flexibility index (Phi) is 12.5. The fourth-order valence-electron chi connectivity index (χ4n) is 3.28. The summed E-state index contributed by atoms with van der Waals surface area (Å²) >= 11 is 0. The van der Waals surface area contributed by atoms with Gasteiger partial charge < -0.3 is 26.0 Å². The van der Waals surface area contributed by atoms with Gasteiger partial charge in [-0.05, 0) is 25.5 Å². The smallest absolute Gasteiger partial charge is 0.333 e. The van der Waals surface area contributed by atoms with E-state index in [1.807, 2.05) is 45.0 Å². The molecule has 3 amide bonds. The highest BCUT2D eigenvalue weighted by molar-refractivity contribution is 6.01. The average Bonchev–Trinajstić information content (AvgIpc) is 3.28. The van der Waals surface area contributed by atoms with Gasteiger partial charge in [0.2, 0.25) is 12.4 Å². The zero-order chi connectivity index (χ0) is 30.4. The molecule has 4 rings (SSSR count). The van der Waals surface area contributed by atoms with Crippen LogP contribution in [0.2, 0.25) is 0 Å². The number of amides is 3. The summed E-state index contributed by atoms with van der Waals surface area (Å²) in [5.41, 5.74) is 8.34. The minimum absolute atomic E-state index is 0.0236. The summed E-state index contributed by atoms with van der Waals surface area (Å²) in [5.74, 6) is -1.90. The van der Waals surface area contributed by atoms with Gasteiger partial charge >= 0.3 is 5.97 Å². The molecule has 3 aromatic rings. The second-order valence-electron chi connectivity index (χ2n) is 8.32. The van der Waals surface area contributed by atoms with Crippen molar-refractivity contribution >= 4 is 53.3 Å². The van der Waals surface area contributed by atoms with E-state index >= 15 is 0 Å². The van der Waals surface area contributed by atoms with Gasteiger partial charge in [-0.25, -0.2) is 14.8 Å². The highest BCUT2D eigenvalue weighted by Gasteiger charge is 2.32. The topological polar surface area (TPSA) is 219 Å². The number of nitrogens with two attached hydrogens (primary N) is 1. The van der Waals surface area contributed by atoms with Crippen LogP contribution in [0.5, 0.6) is 0 Å². The third-order valence-corrected chi connectivity index (χ3v) is 5.32. The maximum absolute atomic E-state index is 11.8. The number of nitrogens with one attached hydrogen (secondary N) is 3. The van der Waals surface area contributed by atoms with Crippen LogP contribution in [0.25, 0.3) is 11.2 Å². The van der Waals surface area contributed by atoms with Crippen molar-refractivity contribution in [2.24, 2.45) is 0 Å². The number of H-pyrrole nitrogens is 1. The lowest BCUT2D eigenvalue weighted by Crippen LogP contribution is -2.34. The van der Waals surface area contributed by atoms with Gasteiger partial charge in [0.05, 0.1) is 30.9 Å². The molecule has 1 unspecified atom stereocenters. The van der Waals surface area contributed by atoms with Crippen LogP contribution in [0.4, 0.5) is 11.6 Å². The van der Waals surface area contributed by atoms with Crippen molar-refractivity contribution in [3.05, 3.63) is 52.1 Å². The lowest BCUT2D eigenvalue weighted by molar-refractivity contribution is -0.197. The van der Waals surface area contributed by atoms with Crippen molar-refractivity contribution in [3.8, 4) is 0 Å². The van der Waals surface area contributed by atoms with Gasteiger partial charge in [0.1, 0.15) is 6.29 Å². The molecule has 0 saturated carbocycles. The van der Waals surface area contributed by atoms with Crippen LogP contribution in [0.1, 0.15) is 50.8 Å². The van der Waals surface area contributed by atoms with E-state index in [1.165, 1.54) is 5.56 Å². The Labute approximate surface area is 234 Å². The highest BCUT2D eigenvalue weighted by atomic mass is 16.7. The van der Waals surface area contributed by atoms with Gasteiger partial charge in [-0.3, -0.25) is 24.2 Å². The third-order valence-electron chi connectivity index (χ3n) is 5.32. The summed E-state index contributed by atoms with van der Waals surface area (Å²) < 4.78 is 0. The number of hydroxylamine groups is 2. The number of aldehydes is 1. The number of carbonyl (C=O) groups is 5. The molecule has 15 nitrogen and oxygen atoms in total. The number of aromatic nitrogens is 4. The number of benzene rings is 1. The number of aromatic amines is 1. The Hall–Kier alpha value is -5.21. The minimum atomic E-state index is -0.807. The molecule has 15 heteroatoms. The van der Waals surface area contributed by atoms with Crippen molar-refractivity contribution in [1.82, 2.24) is 30.3 Å². The number of hydrogen-bond acceptors (Lipinski definition) is 12. The van der Waals surface area contributed by atoms with E-state index in [2.05, 4.69) is 35.4 Å². The van der Waals surface area contributed by atoms with Crippen LogP contribution in [0, 0.1) is 6.92 Å². The number of aryl methyl sites for hydroxylation is 1. The molecule has 1 fully saturated rings. The molecular formula is C26H32N8O7. The van der Waals surface area contributed by atoms with E-state index in [9.17, 15) is 28.8 Å². The first-order valence-electron chi connectivity index (χ1n) is 12.7. The first-order chi connectivity index (χ1) is 19.7. The van der Waals surface area contributed by atoms with Crippen LogP contribution < -0.4 is 21.9 Å². The van der Waals surface area contributed by atoms with E-state index in [-0.39, 0.29) is 48.4 Å². The first-order valence-corrected chi connectivity index (χ1v) is 12.7. The monoisotopic (exact) mass is 568 g/mol. The predicted molar refractivity (Wildman–Crippen MR) is 148 cm³/mol. The number of carbonyl (C=O) groups excluding carboxylic acids is 5. The molecule has 1 atom stereocenters. The van der Waals surface area contributed by atoms with E-state index in [4.69, 9.17) is 5.73 Å². The summed E-state index contributed by atoms with van der Waals surface area (Å²) in [7, 11) is 0. The molecule has 0 spiro atoms. The molecule has 0 aliphatic carbocycles. The highest BCUT2D eigenvalue weighted by Crippen LogP contribution is 2.13. The predicted octanol–water partition coefficient (Wildman–Crippen LogP) is 0.929. The Bertz CT molecular complexity index is 1410. The van der Waals surface area contributed by atoms with Gasteiger partial charge in [0.25, 0.3) is 17.4 Å². The number of nitrogens with zero attached hydrogens (tertiary/aromatic N) is 4. The minimum Gasteiger partial charge on any atom is -0.379 e. The van der Waals surface area contributed by atoms with E-state index in [0.717, 1.165) is 5.69 Å². The van der Waals surface area contributed by atoms with Crippen molar-refractivity contribution < 1.29 is 28.8 Å². The molecule has 218 valence electrons. The SMILES string of the molecule is CC.Cc1ccc(NCc2cnc3nc(N)[nH]c(=O)c3n2)cc1.O=CNC(C=O)CCC(=O)ON1C(=O)CCC1=O. The lowest BCUT2D eigenvalue weighted by Gasteiger charge is -2.13. The zero-order valence-electron chi connectivity index (χ0n) is 22.9. The summed E-state index contributed by atoms with van der Waals surface area (Å²) in [5, 5.41) is 5.85. The van der Waals surface area contributed by atoms with Gasteiger partial charge in [-0.2, -0.15) is 4.98 Å². The number of hydrogen-bond donors (Lipinski definition) is 4. The number of rotatable bonds is 10. The number of imide groups is 1. The largest absolute Gasteiger partial charge is 0.379 e. The van der Waals surface area contributed by atoms with Gasteiger partial charge in [-0.15, -0.1) is 5.06 Å². The number of anilines is 2. The standard InChI is InChI=1S/C14H14N6O.C10H12N2O6.C2H6/c1-8-2-4-9(5-3-8)16-6-10-7-17-12-11(18-10)13(21)20-14(15)19-12;13-5-7(11-6-14)1-4-10(17)18-12-8(15)2-3-9(12)16;1-2/h2-5,7,16H,6H2,1H3,(H3,15,17,19,20,21);5-7H,1-4H2,(H,11,14);1-2H3. The zero-order valence-corrected chi connectivity index (χ0v) is 22.9. The van der Waals surface area contributed by atoms with Crippen LogP contribution in [0.3, 0.4) is 0 Å². The van der Waals surface area contributed by atoms with Crippen molar-refractivity contribution in [3.63, 3.8) is 0 Å². The third kappa shape index (κ3) is 9.80. The molecule has 3 heterocycles. The normalized spacial score (nSPS) is 12.8. The second-order valence-corrected chi connectivity index (χ2v) is 8.32. The Morgan fingerprint density at radius 1 is 1.12 bits per heavy atom. The fourth-order valence-corrected chi connectivity index (χ4v) is 3.28. The molecule has 41 heavy (non-hydrogen) atoms. The van der Waals surface area contributed by atoms with E-state index < -0.39 is 23.8 Å². The van der Waals surface area contributed by atoms with E-state index in [0.29, 0.717) is 30.0 Å². The molecule has 1 aromatic carbocycles. The van der Waals surface area contributed by atoms with Crippen molar-refractivity contribution in [2.45, 2.75) is 59.0 Å². The molecular weight excluding hydrogens is 536 g/mol. The van der Waals surface area contributed by atoms with Crippen LogP contribution >= 0.6 is 0 Å². The molecule has 1 saturated heterocycles. The summed E-state index contributed by atoms with van der Waals surface area (Å²) in [6.07, 6.45) is 2.30. The Morgan fingerprint density at radius 3 is 2.39 bits per heavy atom.